The molecule has 0 bridgehead atoms. The van der Waals surface area contributed by atoms with Gasteiger partial charge in [-0.1, -0.05) is 12.1 Å². The molecule has 1 aliphatic carbocycles. The summed E-state index contributed by atoms with van der Waals surface area (Å²) in [6.45, 7) is 3.58. The normalized spacial score (nSPS) is 17.1. The molecule has 2 heterocycles. The molecule has 0 spiro atoms. The molecule has 1 aromatic heterocycles. The number of ether oxygens (including phenoxy) is 1. The van der Waals surface area contributed by atoms with Crippen LogP contribution >= 0.6 is 0 Å². The van der Waals surface area contributed by atoms with Gasteiger partial charge in [0, 0.05) is 23.7 Å². The SMILES string of the molecule is COC(=O)C1=C(C)N(c2cccc(C(F)(F)F)c2)c2n[nH]c(=O)n2C1c1ccc(C#N)cc1CCC[N+](C)(C)CC1CC1. The Balaban J connectivity index is 1.63. The molecule has 9 nitrogen and oxygen atoms in total. The number of alkyl halides is 3. The first-order chi connectivity index (χ1) is 20.3. The van der Waals surface area contributed by atoms with Crippen molar-refractivity contribution >= 4 is 17.6 Å². The number of nitrogens with zero attached hydrogens (tertiary/aromatic N) is 5. The average Bonchev–Trinajstić information content (AvgIpc) is 3.69. The lowest BCUT2D eigenvalue weighted by atomic mass is 9.88. The van der Waals surface area contributed by atoms with Gasteiger partial charge in [0.05, 0.1) is 57.1 Å². The van der Waals surface area contributed by atoms with E-state index in [4.69, 9.17) is 4.74 Å². The van der Waals surface area contributed by atoms with Gasteiger partial charge in [0.2, 0.25) is 5.95 Å². The van der Waals surface area contributed by atoms with Gasteiger partial charge < -0.3 is 9.22 Å². The molecule has 0 saturated heterocycles. The third kappa shape index (κ3) is 6.08. The first-order valence-corrected chi connectivity index (χ1v) is 14.1. The summed E-state index contributed by atoms with van der Waals surface area (Å²) in [5.74, 6) is 0.0457. The predicted octanol–water partition coefficient (Wildman–Crippen LogP) is 5.07. The van der Waals surface area contributed by atoms with E-state index in [-0.39, 0.29) is 22.9 Å². The van der Waals surface area contributed by atoms with Crippen molar-refractivity contribution in [1.82, 2.24) is 14.8 Å². The number of nitrogens with one attached hydrogen (secondary N) is 1. The van der Waals surface area contributed by atoms with Gasteiger partial charge in [-0.2, -0.15) is 18.4 Å². The van der Waals surface area contributed by atoms with Gasteiger partial charge in [0.25, 0.3) is 0 Å². The summed E-state index contributed by atoms with van der Waals surface area (Å²) in [5.41, 5.74) is 0.711. The highest BCUT2D eigenvalue weighted by atomic mass is 19.4. The Labute approximate surface area is 247 Å². The molecule has 1 atom stereocenters. The van der Waals surface area contributed by atoms with E-state index >= 15 is 0 Å². The molecule has 1 N–H and O–H groups in total. The Morgan fingerprint density at radius 1 is 1.21 bits per heavy atom. The first kappa shape index (κ1) is 30.1. The van der Waals surface area contributed by atoms with Gasteiger partial charge in [-0.3, -0.25) is 4.90 Å². The molecular formula is C31H34F3N6O3+. The van der Waals surface area contributed by atoms with E-state index in [1.807, 2.05) is 0 Å². The van der Waals surface area contributed by atoms with Crippen molar-refractivity contribution in [3.05, 3.63) is 86.5 Å². The Morgan fingerprint density at radius 3 is 2.60 bits per heavy atom. The smallest absolute Gasteiger partial charge is 0.416 e. The van der Waals surface area contributed by atoms with Crippen LogP contribution in [0.4, 0.5) is 24.8 Å². The van der Waals surface area contributed by atoms with Crippen molar-refractivity contribution in [2.45, 2.75) is 44.8 Å². The molecular weight excluding hydrogens is 561 g/mol. The van der Waals surface area contributed by atoms with Gasteiger partial charge in [-0.05, 0) is 67.6 Å². The topological polar surface area (TPSA) is 104 Å². The van der Waals surface area contributed by atoms with E-state index < -0.39 is 29.4 Å². The number of esters is 1. The molecule has 1 unspecified atom stereocenters. The van der Waals surface area contributed by atoms with Crippen molar-refractivity contribution in [3.63, 3.8) is 0 Å². The Kier molecular flexibility index (Phi) is 7.96. The molecule has 0 amide bonds. The number of hydrogen-bond acceptors (Lipinski definition) is 6. The lowest BCUT2D eigenvalue weighted by Crippen LogP contribution is -2.42. The number of nitriles is 1. The van der Waals surface area contributed by atoms with E-state index in [9.17, 15) is 28.0 Å². The van der Waals surface area contributed by atoms with Gasteiger partial charge in [-0.25, -0.2) is 19.3 Å². The van der Waals surface area contributed by atoms with Crippen molar-refractivity contribution in [3.8, 4) is 6.07 Å². The quantitative estimate of drug-likeness (QED) is 0.274. The second kappa shape index (κ2) is 11.4. The minimum Gasteiger partial charge on any atom is -0.466 e. The maximum absolute atomic E-state index is 13.6. The fourth-order valence-electron chi connectivity index (χ4n) is 6.03. The average molecular weight is 596 g/mol. The standard InChI is InChI=1S/C31H33F3N6O3/c1-19-26(28(41)43-4)27(25-13-12-21(17-35)15-22(25)7-6-14-40(2,3)18-20-10-11-20)39-29(36-37-30(39)42)38(19)24-9-5-8-23(16-24)31(32,33)34/h5,8-9,12-13,15-16,20,27H,6-7,10-11,14,18H2,1-4H3/p+1. The van der Waals surface area contributed by atoms with Crippen LogP contribution in [0.2, 0.25) is 0 Å². The highest BCUT2D eigenvalue weighted by molar-refractivity contribution is 5.93. The van der Waals surface area contributed by atoms with Crippen LogP contribution in [0.1, 0.15) is 54.5 Å². The molecule has 5 rings (SSSR count). The molecule has 12 heteroatoms. The Bertz CT molecular complexity index is 1680. The number of hydrogen-bond donors (Lipinski definition) is 1. The number of aromatic nitrogens is 3. The lowest BCUT2D eigenvalue weighted by Gasteiger charge is -2.36. The fourth-order valence-corrected chi connectivity index (χ4v) is 6.03. The summed E-state index contributed by atoms with van der Waals surface area (Å²) in [7, 11) is 5.61. The Hall–Kier alpha value is -4.37. The van der Waals surface area contributed by atoms with Crippen molar-refractivity contribution in [1.29, 1.82) is 5.26 Å². The number of fused-ring (bicyclic) bond motifs is 1. The zero-order valence-corrected chi connectivity index (χ0v) is 24.5. The van der Waals surface area contributed by atoms with Crippen LogP contribution in [0.25, 0.3) is 0 Å². The summed E-state index contributed by atoms with van der Waals surface area (Å²) < 4.78 is 48.1. The van der Waals surface area contributed by atoms with E-state index in [0.717, 1.165) is 47.6 Å². The molecule has 226 valence electrons. The van der Waals surface area contributed by atoms with Crippen LogP contribution < -0.4 is 10.6 Å². The van der Waals surface area contributed by atoms with Crippen molar-refractivity contribution in [2.24, 2.45) is 5.92 Å². The minimum atomic E-state index is -4.61. The number of aryl methyl sites for hydroxylation is 1. The number of aromatic amines is 1. The van der Waals surface area contributed by atoms with E-state index in [1.165, 1.54) is 41.6 Å². The molecule has 43 heavy (non-hydrogen) atoms. The highest BCUT2D eigenvalue weighted by Crippen LogP contribution is 2.43. The zero-order chi connectivity index (χ0) is 31.1. The van der Waals surface area contributed by atoms with Crippen molar-refractivity contribution < 1.29 is 27.2 Å². The summed E-state index contributed by atoms with van der Waals surface area (Å²) in [6, 6.07) is 10.9. The molecule has 0 radical (unpaired) electrons. The maximum atomic E-state index is 13.6. The number of carbonyl (C=O) groups is 1. The fraction of sp³-hybridized carbons (Fsp3) is 0.419. The molecule has 2 aromatic carbocycles. The number of halogens is 3. The monoisotopic (exact) mass is 595 g/mol. The van der Waals surface area contributed by atoms with Crippen LogP contribution in [0.5, 0.6) is 0 Å². The van der Waals surface area contributed by atoms with Crippen LogP contribution in [-0.4, -0.2) is 59.5 Å². The summed E-state index contributed by atoms with van der Waals surface area (Å²) in [6.07, 6.45) is -0.696. The number of benzene rings is 2. The number of quaternary nitrogens is 1. The first-order valence-electron chi connectivity index (χ1n) is 14.1. The van der Waals surface area contributed by atoms with E-state index in [1.54, 1.807) is 25.1 Å². The largest absolute Gasteiger partial charge is 0.466 e. The molecule has 1 aliphatic heterocycles. The number of H-pyrrole nitrogens is 1. The van der Waals surface area contributed by atoms with Crippen LogP contribution in [0.3, 0.4) is 0 Å². The highest BCUT2D eigenvalue weighted by Gasteiger charge is 2.41. The van der Waals surface area contributed by atoms with Gasteiger partial charge in [-0.15, -0.1) is 5.10 Å². The van der Waals surface area contributed by atoms with E-state index in [2.05, 4.69) is 30.4 Å². The van der Waals surface area contributed by atoms with Crippen LogP contribution in [0.15, 0.2) is 58.5 Å². The number of carbonyl (C=O) groups excluding carboxylic acids is 1. The lowest BCUT2D eigenvalue weighted by molar-refractivity contribution is -0.892. The third-order valence-electron chi connectivity index (χ3n) is 8.21. The number of anilines is 2. The molecule has 3 aromatic rings. The van der Waals surface area contributed by atoms with Crippen molar-refractivity contribution in [2.75, 3.05) is 39.2 Å². The number of rotatable bonds is 9. The summed E-state index contributed by atoms with van der Waals surface area (Å²) >= 11 is 0. The predicted molar refractivity (Wildman–Crippen MR) is 153 cm³/mol. The molecule has 1 fully saturated rings. The van der Waals surface area contributed by atoms with Gasteiger partial charge in [0.15, 0.2) is 0 Å². The second-order valence-corrected chi connectivity index (χ2v) is 11.9. The number of methoxy groups -OCH3 is 1. The summed E-state index contributed by atoms with van der Waals surface area (Å²) in [5, 5.41) is 16.2. The maximum Gasteiger partial charge on any atom is 0.416 e. The molecule has 1 saturated carbocycles. The molecule has 2 aliphatic rings. The third-order valence-corrected chi connectivity index (χ3v) is 8.21. The minimum absolute atomic E-state index is 0.0250. The van der Waals surface area contributed by atoms with Gasteiger partial charge >= 0.3 is 17.8 Å². The van der Waals surface area contributed by atoms with E-state index in [0.29, 0.717) is 17.5 Å². The van der Waals surface area contributed by atoms with Crippen LogP contribution in [0, 0.1) is 17.2 Å². The summed E-state index contributed by atoms with van der Waals surface area (Å²) in [4.78, 5) is 28.1. The zero-order valence-electron chi connectivity index (χ0n) is 24.5. The Morgan fingerprint density at radius 2 is 1.95 bits per heavy atom. The van der Waals surface area contributed by atoms with Gasteiger partial charge in [0.1, 0.15) is 6.04 Å². The number of allylic oxidation sites excluding steroid dienone is 1. The van der Waals surface area contributed by atoms with Crippen LogP contribution in [-0.2, 0) is 22.1 Å². The second-order valence-electron chi connectivity index (χ2n) is 11.9.